The van der Waals surface area contributed by atoms with Crippen LogP contribution in [-0.4, -0.2) is 19.9 Å². The van der Waals surface area contributed by atoms with Crippen LogP contribution in [0.3, 0.4) is 0 Å². The van der Waals surface area contributed by atoms with Gasteiger partial charge in [0.1, 0.15) is 11.2 Å². The zero-order valence-electron chi connectivity index (χ0n) is 30.9. The van der Waals surface area contributed by atoms with E-state index in [0.717, 1.165) is 77.3 Å². The van der Waals surface area contributed by atoms with Crippen molar-refractivity contribution in [1.82, 2.24) is 19.9 Å². The number of pyridine rings is 1. The Morgan fingerprint density at radius 2 is 0.966 bits per heavy atom. The van der Waals surface area contributed by atoms with Crippen molar-refractivity contribution in [3.05, 3.63) is 182 Å². The summed E-state index contributed by atoms with van der Waals surface area (Å²) in [6, 6.07) is 63.2. The lowest BCUT2D eigenvalue weighted by Crippen LogP contribution is -2.01. The Bertz CT molecular complexity index is 3570. The Hall–Kier alpha value is -7.54. The molecular formula is C52H30N4OS. The lowest BCUT2D eigenvalue weighted by Gasteiger charge is -2.14. The highest BCUT2D eigenvalue weighted by Crippen LogP contribution is 2.44. The lowest BCUT2D eigenvalue weighted by molar-refractivity contribution is 0.669. The van der Waals surface area contributed by atoms with Crippen LogP contribution in [0, 0.1) is 0 Å². The van der Waals surface area contributed by atoms with Gasteiger partial charge in [-0.05, 0) is 59.7 Å². The summed E-state index contributed by atoms with van der Waals surface area (Å²) in [5.74, 6) is 1.74. The van der Waals surface area contributed by atoms with Crippen molar-refractivity contribution in [3.63, 3.8) is 0 Å². The van der Waals surface area contributed by atoms with Crippen molar-refractivity contribution < 1.29 is 4.42 Å². The Morgan fingerprint density at radius 1 is 0.345 bits per heavy atom. The molecule has 0 N–H and O–H groups in total. The van der Waals surface area contributed by atoms with Crippen LogP contribution in [0.4, 0.5) is 0 Å². The van der Waals surface area contributed by atoms with Crippen LogP contribution in [-0.2, 0) is 0 Å². The van der Waals surface area contributed by atoms with Crippen LogP contribution in [0.5, 0.6) is 0 Å². The highest BCUT2D eigenvalue weighted by atomic mass is 32.1. The molecule has 4 heterocycles. The predicted molar refractivity (Wildman–Crippen MR) is 240 cm³/mol. The first-order valence-corrected chi connectivity index (χ1v) is 20.1. The van der Waals surface area contributed by atoms with E-state index in [1.165, 1.54) is 25.6 Å². The molecule has 0 bridgehead atoms. The number of hydrogen-bond acceptors (Lipinski definition) is 6. The van der Waals surface area contributed by atoms with E-state index in [9.17, 15) is 0 Å². The van der Waals surface area contributed by atoms with Gasteiger partial charge in [-0.2, -0.15) is 0 Å². The third kappa shape index (κ3) is 5.23. The fourth-order valence-electron chi connectivity index (χ4n) is 8.43. The normalized spacial score (nSPS) is 11.8. The van der Waals surface area contributed by atoms with Gasteiger partial charge < -0.3 is 4.42 Å². The van der Waals surface area contributed by atoms with Crippen molar-refractivity contribution >= 4 is 75.1 Å². The van der Waals surface area contributed by atoms with Gasteiger partial charge >= 0.3 is 0 Å². The first-order chi connectivity index (χ1) is 28.7. The molecule has 0 amide bonds. The average molecular weight is 759 g/mol. The van der Waals surface area contributed by atoms with Gasteiger partial charge in [-0.25, -0.2) is 19.9 Å². The molecule has 5 nitrogen and oxygen atoms in total. The quantitative estimate of drug-likeness (QED) is 0.164. The molecule has 0 saturated heterocycles. The van der Waals surface area contributed by atoms with Crippen LogP contribution >= 0.6 is 11.3 Å². The largest absolute Gasteiger partial charge is 0.456 e. The van der Waals surface area contributed by atoms with Gasteiger partial charge in [-0.15, -0.1) is 11.3 Å². The van der Waals surface area contributed by atoms with Crippen molar-refractivity contribution in [3.8, 4) is 56.5 Å². The summed E-state index contributed by atoms with van der Waals surface area (Å²) in [6.45, 7) is 0. The minimum absolute atomic E-state index is 0.568. The number of aromatic nitrogens is 4. The highest BCUT2D eigenvalue weighted by molar-refractivity contribution is 7.26. The van der Waals surface area contributed by atoms with E-state index in [0.29, 0.717) is 17.5 Å². The van der Waals surface area contributed by atoms with Gasteiger partial charge in [0.2, 0.25) is 0 Å². The van der Waals surface area contributed by atoms with Gasteiger partial charge in [0.25, 0.3) is 0 Å². The third-order valence-electron chi connectivity index (χ3n) is 11.1. The molecule has 0 spiro atoms. The molecule has 0 saturated carbocycles. The van der Waals surface area contributed by atoms with Gasteiger partial charge in [-0.1, -0.05) is 133 Å². The second-order valence-corrected chi connectivity index (χ2v) is 15.6. The molecule has 12 aromatic rings. The topological polar surface area (TPSA) is 64.7 Å². The number of nitrogens with zero attached hydrogens (tertiary/aromatic N) is 4. The Kier molecular flexibility index (Phi) is 7.33. The van der Waals surface area contributed by atoms with Gasteiger partial charge in [0.15, 0.2) is 17.5 Å². The summed E-state index contributed by atoms with van der Waals surface area (Å²) in [7, 11) is 0. The van der Waals surface area contributed by atoms with E-state index in [4.69, 9.17) is 24.4 Å². The summed E-state index contributed by atoms with van der Waals surface area (Å²) >= 11 is 1.83. The fraction of sp³-hybridized carbons (Fsp3) is 0. The monoisotopic (exact) mass is 758 g/mol. The van der Waals surface area contributed by atoms with E-state index < -0.39 is 0 Å². The van der Waals surface area contributed by atoms with Crippen molar-refractivity contribution in [2.45, 2.75) is 0 Å². The maximum atomic E-state index is 6.33. The van der Waals surface area contributed by atoms with E-state index in [1.807, 2.05) is 53.8 Å². The smallest absolute Gasteiger partial charge is 0.164 e. The number of furan rings is 1. The molecule has 8 aromatic carbocycles. The summed E-state index contributed by atoms with van der Waals surface area (Å²) in [4.78, 5) is 21.0. The van der Waals surface area contributed by atoms with Gasteiger partial charge in [0, 0.05) is 69.4 Å². The molecule has 0 aliphatic heterocycles. The fourth-order valence-corrected chi connectivity index (χ4v) is 9.54. The van der Waals surface area contributed by atoms with Crippen molar-refractivity contribution in [2.24, 2.45) is 0 Å². The van der Waals surface area contributed by atoms with E-state index in [2.05, 4.69) is 140 Å². The SMILES string of the molecule is c1ccc(-c2ccccc2-c2nc(-c3ccc4c(c3)oc3ccccc34)nc(-c3ccc4nc(-c5ccccc5)c5ccc6sc7ccccc7c6c5c4c3)n2)cc1. The maximum absolute atomic E-state index is 6.33. The number of hydrogen-bond donors (Lipinski definition) is 0. The molecule has 0 fully saturated rings. The van der Waals surface area contributed by atoms with Crippen molar-refractivity contribution in [2.75, 3.05) is 0 Å². The molecule has 0 unspecified atom stereocenters. The van der Waals surface area contributed by atoms with Crippen LogP contribution in [0.25, 0.3) is 120 Å². The molecule has 12 rings (SSSR count). The summed E-state index contributed by atoms with van der Waals surface area (Å²) < 4.78 is 8.84. The Morgan fingerprint density at radius 3 is 1.79 bits per heavy atom. The minimum Gasteiger partial charge on any atom is -0.456 e. The molecule has 58 heavy (non-hydrogen) atoms. The number of fused-ring (bicyclic) bond motifs is 10. The van der Waals surface area contributed by atoms with E-state index >= 15 is 0 Å². The maximum Gasteiger partial charge on any atom is 0.164 e. The minimum atomic E-state index is 0.568. The number of para-hydroxylation sites is 1. The van der Waals surface area contributed by atoms with Gasteiger partial charge in [-0.3, -0.25) is 0 Å². The predicted octanol–water partition coefficient (Wildman–Crippen LogP) is 14.2. The second kappa shape index (κ2) is 13.0. The molecule has 0 aliphatic rings. The molecule has 0 aliphatic carbocycles. The average Bonchev–Trinajstić information content (AvgIpc) is 3.87. The molecular weight excluding hydrogens is 729 g/mol. The Labute approximate surface area is 336 Å². The summed E-state index contributed by atoms with van der Waals surface area (Å²) in [6.07, 6.45) is 0. The summed E-state index contributed by atoms with van der Waals surface area (Å²) in [5.41, 5.74) is 9.40. The standard InChI is InChI=1S/C52H30N4OS/c1-3-13-31(14-4-1)35-17-7-8-19-38(35)52-55-50(54-51(56-52)34-23-25-37-36-18-9-11-21-43(36)57-44(37)30-34)33-24-27-42-41(29-33)47-40(49(53-42)32-15-5-2-6-16-32)26-28-46-48(47)39-20-10-12-22-45(39)58-46/h1-30H. The third-order valence-corrected chi connectivity index (χ3v) is 12.3. The van der Waals surface area contributed by atoms with Crippen LogP contribution in [0.2, 0.25) is 0 Å². The molecule has 270 valence electrons. The molecule has 4 aromatic heterocycles. The number of thiophene rings is 1. The zero-order valence-corrected chi connectivity index (χ0v) is 31.7. The first-order valence-electron chi connectivity index (χ1n) is 19.3. The van der Waals surface area contributed by atoms with E-state index in [-0.39, 0.29) is 0 Å². The molecule has 0 radical (unpaired) electrons. The lowest BCUT2D eigenvalue weighted by atomic mass is 9.95. The first kappa shape index (κ1) is 32.7. The zero-order chi connectivity index (χ0) is 38.2. The number of rotatable bonds is 5. The van der Waals surface area contributed by atoms with Gasteiger partial charge in [0.05, 0.1) is 11.2 Å². The number of benzene rings is 8. The highest BCUT2D eigenvalue weighted by Gasteiger charge is 2.20. The molecule has 0 atom stereocenters. The van der Waals surface area contributed by atoms with Crippen molar-refractivity contribution in [1.29, 1.82) is 0 Å². The summed E-state index contributed by atoms with van der Waals surface area (Å²) in [5, 5.41) is 7.97. The van der Waals surface area contributed by atoms with Crippen LogP contribution < -0.4 is 0 Å². The van der Waals surface area contributed by atoms with Crippen LogP contribution in [0.15, 0.2) is 186 Å². The van der Waals surface area contributed by atoms with Crippen LogP contribution in [0.1, 0.15) is 0 Å². The molecule has 6 heteroatoms. The van der Waals surface area contributed by atoms with E-state index in [1.54, 1.807) is 0 Å². The second-order valence-electron chi connectivity index (χ2n) is 14.5. The Balaban J connectivity index is 1.13.